The molecule has 1 saturated carbocycles. The SMILES string of the molecule is Cc1ccc(NC(=S)NC(=O)c2ccccc2OCCOc2ccccc2)cc1NC(=O)C1CC1. The van der Waals surface area contributed by atoms with Gasteiger partial charge in [0.2, 0.25) is 5.91 Å². The summed E-state index contributed by atoms with van der Waals surface area (Å²) in [5.41, 5.74) is 2.69. The van der Waals surface area contributed by atoms with E-state index in [-0.39, 0.29) is 23.5 Å². The number of amides is 2. The first kappa shape index (κ1) is 24.2. The van der Waals surface area contributed by atoms with Gasteiger partial charge in [-0.3, -0.25) is 14.9 Å². The van der Waals surface area contributed by atoms with Crippen molar-refractivity contribution in [2.45, 2.75) is 19.8 Å². The third-order valence-electron chi connectivity index (χ3n) is 5.41. The highest BCUT2D eigenvalue weighted by Crippen LogP contribution is 2.31. The van der Waals surface area contributed by atoms with E-state index in [9.17, 15) is 9.59 Å². The van der Waals surface area contributed by atoms with Gasteiger partial charge in [-0.2, -0.15) is 0 Å². The molecule has 0 unspecified atom stereocenters. The molecule has 3 aromatic carbocycles. The molecule has 8 heteroatoms. The van der Waals surface area contributed by atoms with Crippen LogP contribution in [0.2, 0.25) is 0 Å². The molecule has 7 nitrogen and oxygen atoms in total. The molecule has 0 radical (unpaired) electrons. The standard InChI is InChI=1S/C27H27N3O4S/c1-18-11-14-20(17-23(18)29-25(31)19-12-13-19)28-27(35)30-26(32)22-9-5-6-10-24(22)34-16-15-33-21-7-3-2-4-8-21/h2-11,14,17,19H,12-13,15-16H2,1H3,(H,29,31)(H2,28,30,32,35). The molecule has 1 aliphatic carbocycles. The number of thiocarbonyl (C=S) groups is 1. The van der Waals surface area contributed by atoms with E-state index in [1.807, 2.05) is 49.4 Å². The van der Waals surface area contributed by atoms with E-state index >= 15 is 0 Å². The Balaban J connectivity index is 1.31. The summed E-state index contributed by atoms with van der Waals surface area (Å²) >= 11 is 5.34. The normalized spacial score (nSPS) is 12.4. The second kappa shape index (κ2) is 11.5. The summed E-state index contributed by atoms with van der Waals surface area (Å²) in [5, 5.41) is 8.79. The Morgan fingerprint density at radius 1 is 0.914 bits per heavy atom. The van der Waals surface area contributed by atoms with Crippen LogP contribution < -0.4 is 25.4 Å². The zero-order valence-corrected chi connectivity index (χ0v) is 20.2. The van der Waals surface area contributed by atoms with Crippen LogP contribution in [0.15, 0.2) is 72.8 Å². The van der Waals surface area contributed by atoms with Crippen molar-refractivity contribution >= 4 is 40.5 Å². The van der Waals surface area contributed by atoms with Crippen molar-refractivity contribution < 1.29 is 19.1 Å². The molecule has 3 aromatic rings. The maximum atomic E-state index is 12.9. The quantitative estimate of drug-likeness (QED) is 0.292. The fraction of sp³-hybridized carbons (Fsp3) is 0.222. The number of nitrogens with one attached hydrogen (secondary N) is 3. The van der Waals surface area contributed by atoms with E-state index < -0.39 is 5.91 Å². The summed E-state index contributed by atoms with van der Waals surface area (Å²) in [4.78, 5) is 25.0. The van der Waals surface area contributed by atoms with Crippen LogP contribution in [0.1, 0.15) is 28.8 Å². The molecular formula is C27H27N3O4S. The number of para-hydroxylation sites is 2. The largest absolute Gasteiger partial charge is 0.490 e. The van der Waals surface area contributed by atoms with Crippen molar-refractivity contribution in [1.82, 2.24) is 5.32 Å². The second-order valence-electron chi connectivity index (χ2n) is 8.21. The molecular weight excluding hydrogens is 462 g/mol. The average molecular weight is 490 g/mol. The summed E-state index contributed by atoms with van der Waals surface area (Å²) < 4.78 is 11.4. The van der Waals surface area contributed by atoms with Crippen LogP contribution in [-0.2, 0) is 4.79 Å². The fourth-order valence-corrected chi connectivity index (χ4v) is 3.57. The predicted octanol–water partition coefficient (Wildman–Crippen LogP) is 4.93. The van der Waals surface area contributed by atoms with Gasteiger partial charge < -0.3 is 20.1 Å². The topological polar surface area (TPSA) is 88.7 Å². The molecule has 0 heterocycles. The van der Waals surface area contributed by atoms with Gasteiger partial charge in [-0.05, 0) is 73.9 Å². The van der Waals surface area contributed by atoms with Crippen molar-refractivity contribution in [1.29, 1.82) is 0 Å². The molecule has 0 atom stereocenters. The van der Waals surface area contributed by atoms with E-state index in [1.165, 1.54) is 0 Å². The molecule has 35 heavy (non-hydrogen) atoms. The minimum Gasteiger partial charge on any atom is -0.490 e. The van der Waals surface area contributed by atoms with Gasteiger partial charge in [0, 0.05) is 17.3 Å². The lowest BCUT2D eigenvalue weighted by Gasteiger charge is -2.15. The zero-order chi connectivity index (χ0) is 24.6. The summed E-state index contributed by atoms with van der Waals surface area (Å²) in [5.74, 6) is 0.941. The molecule has 0 spiro atoms. The lowest BCUT2D eigenvalue weighted by Crippen LogP contribution is -2.34. The lowest BCUT2D eigenvalue weighted by molar-refractivity contribution is -0.117. The monoisotopic (exact) mass is 489 g/mol. The first-order chi connectivity index (χ1) is 17.0. The van der Waals surface area contributed by atoms with E-state index in [4.69, 9.17) is 21.7 Å². The van der Waals surface area contributed by atoms with Crippen LogP contribution in [0.3, 0.4) is 0 Å². The average Bonchev–Trinajstić information content (AvgIpc) is 3.70. The van der Waals surface area contributed by atoms with Crippen LogP contribution in [-0.4, -0.2) is 30.1 Å². The molecule has 0 aromatic heterocycles. The maximum absolute atomic E-state index is 12.9. The number of hydrogen-bond donors (Lipinski definition) is 3. The Hall–Kier alpha value is -3.91. The highest BCUT2D eigenvalue weighted by molar-refractivity contribution is 7.80. The zero-order valence-electron chi connectivity index (χ0n) is 19.4. The van der Waals surface area contributed by atoms with Gasteiger partial charge in [-0.1, -0.05) is 36.4 Å². The number of carbonyl (C=O) groups excluding carboxylic acids is 2. The van der Waals surface area contributed by atoms with E-state index in [0.717, 1.165) is 29.8 Å². The summed E-state index contributed by atoms with van der Waals surface area (Å²) in [7, 11) is 0. The van der Waals surface area contributed by atoms with Gasteiger partial charge in [0.25, 0.3) is 5.91 Å². The molecule has 4 rings (SSSR count). The Kier molecular flexibility index (Phi) is 7.95. The smallest absolute Gasteiger partial charge is 0.261 e. The van der Waals surface area contributed by atoms with Crippen molar-refractivity contribution in [3.63, 3.8) is 0 Å². The van der Waals surface area contributed by atoms with E-state index in [1.54, 1.807) is 30.3 Å². The van der Waals surface area contributed by atoms with Gasteiger partial charge in [-0.25, -0.2) is 0 Å². The van der Waals surface area contributed by atoms with Gasteiger partial charge in [0.1, 0.15) is 24.7 Å². The summed E-state index contributed by atoms with van der Waals surface area (Å²) in [6.45, 7) is 2.54. The van der Waals surface area contributed by atoms with Gasteiger partial charge in [-0.15, -0.1) is 0 Å². The number of aryl methyl sites for hydroxylation is 1. The highest BCUT2D eigenvalue weighted by Gasteiger charge is 2.29. The number of benzene rings is 3. The minimum atomic E-state index is -0.392. The molecule has 2 amide bonds. The lowest BCUT2D eigenvalue weighted by atomic mass is 10.1. The van der Waals surface area contributed by atoms with Crippen LogP contribution in [0.4, 0.5) is 11.4 Å². The van der Waals surface area contributed by atoms with Gasteiger partial charge >= 0.3 is 0 Å². The Bertz CT molecular complexity index is 1210. The van der Waals surface area contributed by atoms with Crippen molar-refractivity contribution in [2.24, 2.45) is 5.92 Å². The van der Waals surface area contributed by atoms with Crippen LogP contribution >= 0.6 is 12.2 Å². The molecule has 0 bridgehead atoms. The van der Waals surface area contributed by atoms with Crippen molar-refractivity contribution in [3.8, 4) is 11.5 Å². The van der Waals surface area contributed by atoms with Crippen LogP contribution in [0, 0.1) is 12.8 Å². The third-order valence-corrected chi connectivity index (χ3v) is 5.62. The predicted molar refractivity (Wildman–Crippen MR) is 140 cm³/mol. The molecule has 1 aliphatic rings. The highest BCUT2D eigenvalue weighted by atomic mass is 32.1. The first-order valence-electron chi connectivity index (χ1n) is 11.4. The van der Waals surface area contributed by atoms with Crippen molar-refractivity contribution in [2.75, 3.05) is 23.8 Å². The number of ether oxygens (including phenoxy) is 2. The first-order valence-corrected chi connectivity index (χ1v) is 11.8. The Morgan fingerprint density at radius 3 is 2.40 bits per heavy atom. The number of carbonyl (C=O) groups is 2. The van der Waals surface area contributed by atoms with Crippen molar-refractivity contribution in [3.05, 3.63) is 83.9 Å². The summed E-state index contributed by atoms with van der Waals surface area (Å²) in [6, 6.07) is 21.9. The number of hydrogen-bond acceptors (Lipinski definition) is 5. The molecule has 0 saturated heterocycles. The van der Waals surface area contributed by atoms with Crippen LogP contribution in [0.5, 0.6) is 11.5 Å². The number of anilines is 2. The second-order valence-corrected chi connectivity index (χ2v) is 8.62. The molecule has 0 aliphatic heterocycles. The summed E-state index contributed by atoms with van der Waals surface area (Å²) in [6.07, 6.45) is 1.87. The van der Waals surface area contributed by atoms with E-state index in [0.29, 0.717) is 23.6 Å². The maximum Gasteiger partial charge on any atom is 0.261 e. The van der Waals surface area contributed by atoms with Crippen LogP contribution in [0.25, 0.3) is 0 Å². The molecule has 1 fully saturated rings. The van der Waals surface area contributed by atoms with Gasteiger partial charge in [0.05, 0.1) is 5.56 Å². The third kappa shape index (κ3) is 7.04. The molecule has 180 valence electrons. The van der Waals surface area contributed by atoms with E-state index in [2.05, 4.69) is 16.0 Å². The Morgan fingerprint density at radius 2 is 1.63 bits per heavy atom. The Labute approximate surface area is 209 Å². The van der Waals surface area contributed by atoms with Gasteiger partial charge in [0.15, 0.2) is 5.11 Å². The number of rotatable bonds is 9. The minimum absolute atomic E-state index is 0.0342. The fourth-order valence-electron chi connectivity index (χ4n) is 3.36. The molecule has 3 N–H and O–H groups in total.